The summed E-state index contributed by atoms with van der Waals surface area (Å²) in [5.74, 6) is 0. The molecule has 4 atom stereocenters. The van der Waals surface area contributed by atoms with Crippen molar-refractivity contribution in [3.8, 4) is 0 Å². The summed E-state index contributed by atoms with van der Waals surface area (Å²) in [5.41, 5.74) is -2.13. The van der Waals surface area contributed by atoms with Crippen LogP contribution in [0.2, 0.25) is 0 Å². The van der Waals surface area contributed by atoms with Crippen LogP contribution in [0.3, 0.4) is 0 Å². The minimum atomic E-state index is -1.45. The Balaban J connectivity index is 2.20. The summed E-state index contributed by atoms with van der Waals surface area (Å²) in [6.07, 6.45) is -1.33. The van der Waals surface area contributed by atoms with E-state index in [9.17, 15) is 9.59 Å². The Morgan fingerprint density at radius 1 is 0.531 bits per heavy atom. The molecule has 2 saturated heterocycles. The van der Waals surface area contributed by atoms with Crippen molar-refractivity contribution >= 4 is 12.1 Å². The molecule has 14 nitrogen and oxygen atoms in total. The van der Waals surface area contributed by atoms with Crippen molar-refractivity contribution in [1.82, 2.24) is 19.6 Å². The third-order valence-electron chi connectivity index (χ3n) is 8.77. The predicted molar refractivity (Wildman–Crippen MR) is 182 cm³/mol. The molecule has 0 aliphatic carbocycles. The first kappa shape index (κ1) is 40.9. The van der Waals surface area contributed by atoms with Gasteiger partial charge in [-0.25, -0.2) is 9.59 Å². The first-order valence-electron chi connectivity index (χ1n) is 17.6. The maximum atomic E-state index is 14.9. The second-order valence-electron chi connectivity index (χ2n) is 12.4. The maximum Gasteiger partial charge on any atom is 0.328 e. The van der Waals surface area contributed by atoms with Gasteiger partial charge in [0, 0.05) is 32.0 Å². The van der Waals surface area contributed by atoms with Crippen molar-refractivity contribution in [3.63, 3.8) is 0 Å². The fraction of sp³-hybridized carbons (Fsp3) is 0.771. The van der Waals surface area contributed by atoms with Gasteiger partial charge in [0.25, 0.3) is 0 Å². The molecule has 2 aliphatic heterocycles. The molecule has 4 unspecified atom stereocenters. The summed E-state index contributed by atoms with van der Waals surface area (Å²) in [6, 6.07) is 8.73. The molecule has 0 radical (unpaired) electrons. The van der Waals surface area contributed by atoms with Crippen molar-refractivity contribution < 1.29 is 47.5 Å². The summed E-state index contributed by atoms with van der Waals surface area (Å²) in [6.45, 7) is 20.0. The van der Waals surface area contributed by atoms with Gasteiger partial charge in [-0.15, -0.1) is 0 Å². The molecule has 4 amide bonds. The summed E-state index contributed by atoms with van der Waals surface area (Å²) in [5, 5.41) is 0. The van der Waals surface area contributed by atoms with E-state index in [1.165, 1.54) is 0 Å². The lowest BCUT2D eigenvalue weighted by atomic mass is 9.86. The lowest BCUT2D eigenvalue weighted by molar-refractivity contribution is -0.161. The van der Waals surface area contributed by atoms with Gasteiger partial charge in [-0.3, -0.25) is 19.6 Å². The number of hydrogen-bond acceptors (Lipinski definition) is 10. The highest BCUT2D eigenvalue weighted by Gasteiger charge is 2.77. The zero-order valence-corrected chi connectivity index (χ0v) is 31.1. The smallest absolute Gasteiger partial charge is 0.328 e. The number of amides is 4. The van der Waals surface area contributed by atoms with Crippen molar-refractivity contribution in [2.24, 2.45) is 0 Å². The van der Waals surface area contributed by atoms with Crippen molar-refractivity contribution in [2.75, 3.05) is 79.8 Å². The molecule has 0 saturated carbocycles. The van der Waals surface area contributed by atoms with E-state index in [0.717, 1.165) is 0 Å². The van der Waals surface area contributed by atoms with Crippen molar-refractivity contribution in [1.29, 1.82) is 0 Å². The van der Waals surface area contributed by atoms with Gasteiger partial charge in [0.2, 0.25) is 0 Å². The fourth-order valence-electron chi connectivity index (χ4n) is 6.17. The van der Waals surface area contributed by atoms with Crippen LogP contribution in [-0.4, -0.2) is 142 Å². The highest BCUT2D eigenvalue weighted by molar-refractivity contribution is 5.88. The third kappa shape index (κ3) is 9.22. The number of nitrogens with zero attached hydrogens (tertiary/aromatic N) is 4. The second kappa shape index (κ2) is 19.7. The molecule has 1 aromatic rings. The maximum absolute atomic E-state index is 14.9. The molecule has 14 heteroatoms. The van der Waals surface area contributed by atoms with Crippen LogP contribution in [0.1, 0.15) is 67.9 Å². The van der Waals surface area contributed by atoms with E-state index in [1.54, 1.807) is 19.6 Å². The summed E-state index contributed by atoms with van der Waals surface area (Å²) in [7, 11) is 0. The van der Waals surface area contributed by atoms with Crippen LogP contribution < -0.4 is 0 Å². The normalized spacial score (nSPS) is 23.4. The van der Waals surface area contributed by atoms with Crippen molar-refractivity contribution in [2.45, 2.75) is 98.1 Å². The molecule has 280 valence electrons. The summed E-state index contributed by atoms with van der Waals surface area (Å²) < 4.78 is 47.5. The average molecular weight is 697 g/mol. The number of ether oxygens (including phenoxy) is 8. The van der Waals surface area contributed by atoms with Crippen LogP contribution in [0.4, 0.5) is 9.59 Å². The monoisotopic (exact) mass is 696 g/mol. The number of hydrogen-bond donors (Lipinski definition) is 0. The first-order valence-corrected chi connectivity index (χ1v) is 17.6. The Morgan fingerprint density at radius 2 is 0.837 bits per heavy atom. The molecular formula is C35H60N4O10. The lowest BCUT2D eigenvalue weighted by Crippen LogP contribution is -2.65. The second-order valence-corrected chi connectivity index (χ2v) is 12.4. The summed E-state index contributed by atoms with van der Waals surface area (Å²) in [4.78, 5) is 36.1. The molecule has 3 rings (SSSR count). The van der Waals surface area contributed by atoms with E-state index < -0.39 is 11.3 Å². The van der Waals surface area contributed by atoms with Gasteiger partial charge in [-0.05, 0) is 62.3 Å². The molecule has 2 fully saturated rings. The van der Waals surface area contributed by atoms with Gasteiger partial charge in [0.1, 0.15) is 26.9 Å². The number of benzene rings is 1. The van der Waals surface area contributed by atoms with E-state index in [1.807, 2.05) is 92.6 Å². The van der Waals surface area contributed by atoms with Gasteiger partial charge >= 0.3 is 12.1 Å². The molecule has 0 spiro atoms. The quantitative estimate of drug-likeness (QED) is 0.143. The highest BCUT2D eigenvalue weighted by atomic mass is 16.6. The average Bonchev–Trinajstić information content (AvgIpc) is 3.40. The molecule has 0 aromatic heterocycles. The van der Waals surface area contributed by atoms with Crippen LogP contribution in [0.5, 0.6) is 0 Å². The lowest BCUT2D eigenvalue weighted by Gasteiger charge is -2.48. The van der Waals surface area contributed by atoms with Gasteiger partial charge in [-0.2, -0.15) is 0 Å². The Kier molecular flexibility index (Phi) is 16.5. The van der Waals surface area contributed by atoms with Gasteiger partial charge in [-0.1, -0.05) is 30.3 Å². The zero-order valence-electron chi connectivity index (χ0n) is 31.1. The Morgan fingerprint density at radius 3 is 1.14 bits per heavy atom. The van der Waals surface area contributed by atoms with E-state index in [4.69, 9.17) is 37.9 Å². The minimum Gasteiger partial charge on any atom is -0.379 e. The van der Waals surface area contributed by atoms with Crippen LogP contribution >= 0.6 is 0 Å². The largest absolute Gasteiger partial charge is 0.379 e. The third-order valence-corrected chi connectivity index (χ3v) is 8.77. The van der Waals surface area contributed by atoms with Crippen LogP contribution in [0.15, 0.2) is 30.3 Å². The van der Waals surface area contributed by atoms with Gasteiger partial charge < -0.3 is 37.9 Å². The Labute approximate surface area is 292 Å². The van der Waals surface area contributed by atoms with Crippen LogP contribution in [0, 0.1) is 0 Å². The SMILES string of the molecule is CCOCC(C)OCN1C(=O)N(COC(C)COCC)C2(c3ccccc3)N(COC(C)COCC)C(=O)N(COC(C)COCC)C12C. The van der Waals surface area contributed by atoms with E-state index in [-0.39, 0.29) is 63.4 Å². The first-order chi connectivity index (χ1) is 23.5. The Bertz CT molecular complexity index is 1070. The van der Waals surface area contributed by atoms with Gasteiger partial charge in [0.05, 0.1) is 50.8 Å². The molecule has 0 N–H and O–H groups in total. The van der Waals surface area contributed by atoms with Crippen LogP contribution in [0.25, 0.3) is 0 Å². The number of urea groups is 2. The molecule has 2 aliphatic rings. The topological polar surface area (TPSA) is 121 Å². The molecule has 1 aromatic carbocycles. The van der Waals surface area contributed by atoms with E-state index >= 15 is 0 Å². The number of fused-ring (bicyclic) bond motifs is 1. The number of rotatable bonds is 25. The Hall–Kier alpha value is -2.56. The molecular weight excluding hydrogens is 636 g/mol. The van der Waals surface area contributed by atoms with Crippen LogP contribution in [-0.2, 0) is 43.6 Å². The number of carbonyl (C=O) groups is 2. The highest BCUT2D eigenvalue weighted by Crippen LogP contribution is 2.57. The number of carbonyl (C=O) groups excluding carboxylic acids is 2. The van der Waals surface area contributed by atoms with E-state index in [0.29, 0.717) is 58.4 Å². The standard InChI is InChI=1S/C35H60N4O10/c1-10-42-19-27(5)46-23-36-32(40)38(25-48-29(7)21-44-12-3)35(31-17-15-14-16-18-31)34(36,9)37(24-47-28(6)20-43-11-2)33(41)39(35)26-49-30(8)22-45-13-4/h14-18,27-30H,10-13,19-26H2,1-9H3. The van der Waals surface area contributed by atoms with E-state index in [2.05, 4.69) is 0 Å². The van der Waals surface area contributed by atoms with Crippen molar-refractivity contribution in [3.05, 3.63) is 35.9 Å². The summed E-state index contributed by atoms with van der Waals surface area (Å²) >= 11 is 0. The van der Waals surface area contributed by atoms with Gasteiger partial charge in [0.15, 0.2) is 11.3 Å². The molecule has 49 heavy (non-hydrogen) atoms. The minimum absolute atomic E-state index is 0.128. The zero-order chi connectivity index (χ0) is 36.0. The molecule has 0 bridgehead atoms. The fourth-order valence-corrected chi connectivity index (χ4v) is 6.17. The molecule has 2 heterocycles. The predicted octanol–water partition coefficient (Wildman–Crippen LogP) is 4.63.